The first-order valence-corrected chi connectivity index (χ1v) is 21.0. The second kappa shape index (κ2) is 16.6. The van der Waals surface area contributed by atoms with Crippen LogP contribution in [0, 0.1) is 26.7 Å². The number of phenolic OH excluding ortho intramolecular Hbond substituents is 1. The van der Waals surface area contributed by atoms with Crippen LogP contribution in [0.15, 0.2) is 128 Å². The number of hydrogen-bond donors (Lipinski definition) is 1. The maximum atomic E-state index is 12.5. The van der Waals surface area contributed by atoms with E-state index in [1.165, 1.54) is 11.6 Å². The Hall–Kier alpha value is -5.57. The molecule has 0 spiro atoms. The van der Waals surface area contributed by atoms with Crippen LogP contribution in [0.25, 0.3) is 72.7 Å². The molecular formula is C57H58N3OPt-. The average Bonchev–Trinajstić information content (AvgIpc) is 3.64. The second-order valence-corrected chi connectivity index (χ2v) is 19.4. The van der Waals surface area contributed by atoms with Gasteiger partial charge in [-0.3, -0.25) is 9.55 Å². The number of aromatic hydroxyl groups is 1. The van der Waals surface area contributed by atoms with Gasteiger partial charge in [-0.25, -0.2) is 4.98 Å². The molecule has 0 atom stereocenters. The van der Waals surface area contributed by atoms with Crippen molar-refractivity contribution in [3.63, 3.8) is 0 Å². The molecule has 0 bridgehead atoms. The van der Waals surface area contributed by atoms with Crippen LogP contribution in [0.4, 0.5) is 0 Å². The summed E-state index contributed by atoms with van der Waals surface area (Å²) in [6.45, 7) is 15.6. The van der Waals surface area contributed by atoms with Gasteiger partial charge in [-0.2, -0.15) is 0 Å². The summed E-state index contributed by atoms with van der Waals surface area (Å²) < 4.78 is 54.2. The largest absolute Gasteiger partial charge is 0.507 e. The summed E-state index contributed by atoms with van der Waals surface area (Å²) in [4.78, 5) is 10.3. The number of aryl methyl sites for hydroxylation is 2. The quantitative estimate of drug-likeness (QED) is 0.169. The van der Waals surface area contributed by atoms with Crippen LogP contribution in [0.1, 0.15) is 104 Å². The molecule has 318 valence electrons. The number of para-hydroxylation sites is 1. The number of benzene rings is 6. The Morgan fingerprint density at radius 3 is 1.97 bits per heavy atom. The Labute approximate surface area is 391 Å². The minimum atomic E-state index is -2.80. The number of fused-ring (bicyclic) bond motifs is 1. The fourth-order valence-electron chi connectivity index (χ4n) is 7.96. The summed E-state index contributed by atoms with van der Waals surface area (Å²) in [6, 6.07) is 42.7. The summed E-state index contributed by atoms with van der Waals surface area (Å²) in [5.41, 5.74) is 10.5. The fourth-order valence-corrected chi connectivity index (χ4v) is 7.96. The third kappa shape index (κ3) is 8.60. The SMILES string of the molecule is [2H]C([2H])([2H])c1cc(-n2c(-c3cc(C(C)(C)C)cc(C(C)(C)C)c3O)nc3c(-c4[c-]c(-c5cc(-c6ccc(C)cc6)ccn5)cc(C(C)(C)C)c4)cccc32)cc(-c2ccccc2)c1C([2H])([2H])[2H].[Pt]. The second-order valence-electron chi connectivity index (χ2n) is 19.4. The van der Waals surface area contributed by atoms with E-state index in [1.807, 2.05) is 47.2 Å². The molecule has 0 radical (unpaired) electrons. The van der Waals surface area contributed by atoms with Crippen molar-refractivity contribution in [2.45, 2.75) is 99.2 Å². The Bertz CT molecular complexity index is 3170. The molecule has 0 fully saturated rings. The molecule has 0 amide bonds. The van der Waals surface area contributed by atoms with Gasteiger partial charge in [0.25, 0.3) is 0 Å². The van der Waals surface area contributed by atoms with Crippen molar-refractivity contribution in [1.82, 2.24) is 14.5 Å². The van der Waals surface area contributed by atoms with E-state index >= 15 is 0 Å². The first-order chi connectivity index (χ1) is 31.2. The molecule has 62 heavy (non-hydrogen) atoms. The van der Waals surface area contributed by atoms with E-state index in [9.17, 15) is 5.11 Å². The van der Waals surface area contributed by atoms with Crippen LogP contribution in [-0.2, 0) is 37.3 Å². The minimum absolute atomic E-state index is 0. The summed E-state index contributed by atoms with van der Waals surface area (Å²) in [5.74, 6) is 0.425. The van der Waals surface area contributed by atoms with Crippen LogP contribution >= 0.6 is 0 Å². The number of aromatic nitrogens is 3. The molecule has 0 aliphatic rings. The average molecular weight is 1000 g/mol. The van der Waals surface area contributed by atoms with E-state index < -0.39 is 19.1 Å². The van der Waals surface area contributed by atoms with Crippen molar-refractivity contribution in [2.24, 2.45) is 0 Å². The monoisotopic (exact) mass is 1000 g/mol. The zero-order valence-electron chi connectivity index (χ0n) is 43.2. The summed E-state index contributed by atoms with van der Waals surface area (Å²) in [5, 5.41) is 12.5. The van der Waals surface area contributed by atoms with Crippen LogP contribution in [0.3, 0.4) is 0 Å². The summed E-state index contributed by atoms with van der Waals surface area (Å²) in [7, 11) is 0. The molecule has 4 nitrogen and oxygen atoms in total. The molecule has 0 unspecified atom stereocenters. The Balaban J connectivity index is 0.00000684. The topological polar surface area (TPSA) is 50.9 Å². The van der Waals surface area contributed by atoms with Crippen molar-refractivity contribution in [3.8, 4) is 67.5 Å². The predicted octanol–water partition coefficient (Wildman–Crippen LogP) is 15.1. The van der Waals surface area contributed by atoms with Gasteiger partial charge in [-0.1, -0.05) is 158 Å². The number of phenols is 1. The Kier molecular flexibility index (Phi) is 9.92. The molecule has 5 heteroatoms. The maximum Gasteiger partial charge on any atom is 0.148 e. The molecule has 0 saturated carbocycles. The Morgan fingerprint density at radius 1 is 0.613 bits per heavy atom. The zero-order valence-corrected chi connectivity index (χ0v) is 39.5. The van der Waals surface area contributed by atoms with E-state index in [0.29, 0.717) is 33.7 Å². The predicted molar refractivity (Wildman–Crippen MR) is 257 cm³/mol. The van der Waals surface area contributed by atoms with E-state index in [-0.39, 0.29) is 54.3 Å². The van der Waals surface area contributed by atoms with Gasteiger partial charge in [0, 0.05) is 52.4 Å². The molecule has 0 saturated heterocycles. The van der Waals surface area contributed by atoms with Crippen LogP contribution in [0.5, 0.6) is 5.75 Å². The third-order valence-electron chi connectivity index (χ3n) is 11.6. The number of hydrogen-bond acceptors (Lipinski definition) is 3. The number of pyridine rings is 1. The molecule has 8 rings (SSSR count). The fraction of sp³-hybridized carbons (Fsp3) is 0.263. The standard InChI is InChI=1S/C57H58N3O.Pt/c1-35-21-23-38(24-22-35)40-25-26-58-50(31-40)42-28-41(29-43(30-42)55(4,5)6)46-19-16-20-51-52(46)59-54(48-32-44(56(7,8)9)33-49(53(48)61)57(10,11)12)60(51)45-27-36(2)37(3)47(34-45)39-17-14-13-15-18-39;/h13-27,29-34,61H,1-12H3;/q-1;/i2D3,3D3;. The van der Waals surface area contributed by atoms with Crippen molar-refractivity contribution in [2.75, 3.05) is 0 Å². The molecule has 0 aliphatic heterocycles. The van der Waals surface area contributed by atoms with Gasteiger partial charge in [0.15, 0.2) is 0 Å². The van der Waals surface area contributed by atoms with Crippen molar-refractivity contribution < 1.29 is 34.4 Å². The maximum absolute atomic E-state index is 12.5. The molecular weight excluding hydrogens is 938 g/mol. The van der Waals surface area contributed by atoms with Gasteiger partial charge in [-0.05, 0) is 106 Å². The summed E-state index contributed by atoms with van der Waals surface area (Å²) in [6.07, 6.45) is 1.83. The summed E-state index contributed by atoms with van der Waals surface area (Å²) >= 11 is 0. The van der Waals surface area contributed by atoms with Crippen LogP contribution < -0.4 is 0 Å². The first kappa shape index (κ1) is 37.0. The van der Waals surface area contributed by atoms with Gasteiger partial charge in [0.2, 0.25) is 0 Å². The third-order valence-corrected chi connectivity index (χ3v) is 11.6. The van der Waals surface area contributed by atoms with E-state index in [0.717, 1.165) is 50.2 Å². The molecule has 8 aromatic rings. The molecule has 6 aromatic carbocycles. The van der Waals surface area contributed by atoms with Crippen molar-refractivity contribution in [1.29, 1.82) is 0 Å². The van der Waals surface area contributed by atoms with Crippen molar-refractivity contribution >= 4 is 11.0 Å². The number of imidazole rings is 1. The zero-order chi connectivity index (χ0) is 48.6. The van der Waals surface area contributed by atoms with Gasteiger partial charge in [-0.15, -0.1) is 29.3 Å². The van der Waals surface area contributed by atoms with E-state index in [2.05, 4.69) is 124 Å². The van der Waals surface area contributed by atoms with Crippen LogP contribution in [-0.4, -0.2) is 19.6 Å². The molecule has 0 aliphatic carbocycles. The normalized spacial score (nSPS) is 14.0. The van der Waals surface area contributed by atoms with Gasteiger partial charge in [0.05, 0.1) is 16.6 Å². The number of nitrogens with zero attached hydrogens (tertiary/aromatic N) is 3. The molecule has 1 N–H and O–H groups in total. The Morgan fingerprint density at radius 2 is 1.31 bits per heavy atom. The van der Waals surface area contributed by atoms with E-state index in [4.69, 9.17) is 18.2 Å². The number of rotatable bonds is 6. The van der Waals surface area contributed by atoms with Crippen molar-refractivity contribution in [3.05, 3.63) is 167 Å². The molecule has 2 aromatic heterocycles. The van der Waals surface area contributed by atoms with E-state index in [1.54, 1.807) is 30.3 Å². The van der Waals surface area contributed by atoms with Gasteiger partial charge >= 0.3 is 0 Å². The van der Waals surface area contributed by atoms with Gasteiger partial charge < -0.3 is 5.11 Å². The minimum Gasteiger partial charge on any atom is -0.507 e. The first-order valence-electron chi connectivity index (χ1n) is 24.0. The molecule has 2 heterocycles. The van der Waals surface area contributed by atoms with Crippen LogP contribution in [0.2, 0.25) is 0 Å². The smallest absolute Gasteiger partial charge is 0.148 e. The van der Waals surface area contributed by atoms with Gasteiger partial charge in [0.1, 0.15) is 11.6 Å².